The molecule has 0 heterocycles. The fraction of sp³-hybridized carbons (Fsp3) is 0.412. The Hall–Kier alpha value is -2.30. The van der Waals surface area contributed by atoms with Crippen LogP contribution in [0.25, 0.3) is 5.57 Å². The Kier molecular flexibility index (Phi) is 5.58. The van der Waals surface area contributed by atoms with Gasteiger partial charge >= 0.3 is 6.16 Å². The predicted molar refractivity (Wildman–Crippen MR) is 83.7 cm³/mol. The second-order valence-electron chi connectivity index (χ2n) is 5.11. The van der Waals surface area contributed by atoms with Crippen LogP contribution in [-0.2, 0) is 16.0 Å². The van der Waals surface area contributed by atoms with E-state index in [1.165, 1.54) is 18.1 Å². The second kappa shape index (κ2) is 7.64. The van der Waals surface area contributed by atoms with Crippen molar-refractivity contribution in [2.45, 2.75) is 33.1 Å². The summed E-state index contributed by atoms with van der Waals surface area (Å²) in [4.78, 5) is 22.4. The van der Waals surface area contributed by atoms with Crippen LogP contribution in [0, 0.1) is 0 Å². The predicted octanol–water partition coefficient (Wildman–Crippen LogP) is 3.08. The van der Waals surface area contributed by atoms with E-state index in [0.717, 1.165) is 24.8 Å². The fourth-order valence-corrected chi connectivity index (χ4v) is 2.50. The van der Waals surface area contributed by atoms with Crippen molar-refractivity contribution in [2.24, 2.45) is 0 Å². The SMILES string of the molecule is CCOC(=O)Oc1ccc2c(c1)C(CCNC(C)=O)=CCC2. The van der Waals surface area contributed by atoms with Crippen LogP contribution < -0.4 is 10.1 Å². The molecular weight excluding hydrogens is 282 g/mol. The van der Waals surface area contributed by atoms with Crippen molar-refractivity contribution in [3.05, 3.63) is 35.4 Å². The number of allylic oxidation sites excluding steroid dienone is 1. The topological polar surface area (TPSA) is 64.6 Å². The number of fused-ring (bicyclic) bond motifs is 1. The van der Waals surface area contributed by atoms with Gasteiger partial charge in [0.05, 0.1) is 6.61 Å². The first-order chi connectivity index (χ1) is 10.6. The number of hydrogen-bond acceptors (Lipinski definition) is 4. The fourth-order valence-electron chi connectivity index (χ4n) is 2.50. The van der Waals surface area contributed by atoms with E-state index >= 15 is 0 Å². The maximum absolute atomic E-state index is 11.4. The van der Waals surface area contributed by atoms with Crippen LogP contribution in [0.15, 0.2) is 24.3 Å². The molecule has 2 rings (SSSR count). The molecule has 1 N–H and O–H groups in total. The molecule has 5 heteroatoms. The van der Waals surface area contributed by atoms with Crippen LogP contribution in [-0.4, -0.2) is 25.2 Å². The second-order valence-corrected chi connectivity index (χ2v) is 5.11. The first kappa shape index (κ1) is 16.1. The molecule has 0 spiro atoms. The van der Waals surface area contributed by atoms with E-state index in [-0.39, 0.29) is 12.5 Å². The highest BCUT2D eigenvalue weighted by molar-refractivity contribution is 5.75. The Balaban J connectivity index is 2.10. The number of aryl methyl sites for hydroxylation is 1. The van der Waals surface area contributed by atoms with Gasteiger partial charge in [0.15, 0.2) is 0 Å². The minimum Gasteiger partial charge on any atom is -0.434 e. The van der Waals surface area contributed by atoms with E-state index in [2.05, 4.69) is 11.4 Å². The normalized spacial score (nSPS) is 12.9. The summed E-state index contributed by atoms with van der Waals surface area (Å²) in [7, 11) is 0. The van der Waals surface area contributed by atoms with Crippen LogP contribution in [0.4, 0.5) is 4.79 Å². The smallest absolute Gasteiger partial charge is 0.434 e. The van der Waals surface area contributed by atoms with Crippen molar-refractivity contribution in [1.29, 1.82) is 0 Å². The summed E-state index contributed by atoms with van der Waals surface area (Å²) in [5.41, 5.74) is 3.49. The highest BCUT2D eigenvalue weighted by Crippen LogP contribution is 2.31. The lowest BCUT2D eigenvalue weighted by Gasteiger charge is -2.19. The number of rotatable bonds is 5. The third-order valence-corrected chi connectivity index (χ3v) is 3.46. The molecule has 1 amide bonds. The molecular formula is C17H21NO4. The van der Waals surface area contributed by atoms with Crippen molar-refractivity contribution in [2.75, 3.05) is 13.2 Å². The number of carbonyl (C=O) groups excluding carboxylic acids is 2. The first-order valence-corrected chi connectivity index (χ1v) is 7.51. The highest BCUT2D eigenvalue weighted by atomic mass is 16.7. The molecule has 22 heavy (non-hydrogen) atoms. The van der Waals surface area contributed by atoms with Crippen molar-refractivity contribution < 1.29 is 19.1 Å². The largest absolute Gasteiger partial charge is 0.513 e. The number of nitrogens with one attached hydrogen (secondary N) is 1. The molecule has 0 aromatic heterocycles. The summed E-state index contributed by atoms with van der Waals surface area (Å²) in [5, 5.41) is 2.80. The molecule has 0 radical (unpaired) electrons. The van der Waals surface area contributed by atoms with Crippen LogP contribution in [0.3, 0.4) is 0 Å². The van der Waals surface area contributed by atoms with Gasteiger partial charge in [-0.3, -0.25) is 4.79 Å². The zero-order valence-corrected chi connectivity index (χ0v) is 13.0. The van der Waals surface area contributed by atoms with Crippen molar-refractivity contribution in [1.82, 2.24) is 5.32 Å². The van der Waals surface area contributed by atoms with Gasteiger partial charge in [-0.05, 0) is 55.0 Å². The third kappa shape index (κ3) is 4.35. The van der Waals surface area contributed by atoms with Gasteiger partial charge in [0.25, 0.3) is 0 Å². The minimum absolute atomic E-state index is 0.0315. The monoisotopic (exact) mass is 303 g/mol. The molecule has 0 bridgehead atoms. The van der Waals surface area contributed by atoms with Crippen LogP contribution >= 0.6 is 0 Å². The average molecular weight is 303 g/mol. The summed E-state index contributed by atoms with van der Waals surface area (Å²) in [6.45, 7) is 4.13. The van der Waals surface area contributed by atoms with Gasteiger partial charge in [0, 0.05) is 13.5 Å². The molecule has 0 unspecified atom stereocenters. The van der Waals surface area contributed by atoms with Gasteiger partial charge in [-0.15, -0.1) is 0 Å². The Morgan fingerprint density at radius 1 is 1.32 bits per heavy atom. The molecule has 1 aliphatic carbocycles. The summed E-state index contributed by atoms with van der Waals surface area (Å²) in [6.07, 6.45) is 4.20. The van der Waals surface area contributed by atoms with Gasteiger partial charge in [-0.1, -0.05) is 12.1 Å². The lowest BCUT2D eigenvalue weighted by molar-refractivity contribution is -0.118. The summed E-state index contributed by atoms with van der Waals surface area (Å²) >= 11 is 0. The van der Waals surface area contributed by atoms with Crippen molar-refractivity contribution in [3.8, 4) is 5.75 Å². The zero-order chi connectivity index (χ0) is 15.9. The van der Waals surface area contributed by atoms with Crippen LogP contribution in [0.1, 0.15) is 37.8 Å². The van der Waals surface area contributed by atoms with Crippen LogP contribution in [0.5, 0.6) is 5.75 Å². The van der Waals surface area contributed by atoms with E-state index in [4.69, 9.17) is 9.47 Å². The average Bonchev–Trinajstić information content (AvgIpc) is 2.47. The summed E-state index contributed by atoms with van der Waals surface area (Å²) < 4.78 is 9.94. The minimum atomic E-state index is -0.693. The van der Waals surface area contributed by atoms with Gasteiger partial charge in [-0.25, -0.2) is 4.79 Å². The van der Waals surface area contributed by atoms with E-state index < -0.39 is 6.16 Å². The number of benzene rings is 1. The Bertz CT molecular complexity index is 592. The third-order valence-electron chi connectivity index (χ3n) is 3.46. The summed E-state index contributed by atoms with van der Waals surface area (Å²) in [6, 6.07) is 5.63. The lowest BCUT2D eigenvalue weighted by Crippen LogP contribution is -2.21. The zero-order valence-electron chi connectivity index (χ0n) is 13.0. The molecule has 1 aromatic carbocycles. The molecule has 1 aliphatic rings. The molecule has 118 valence electrons. The number of hydrogen-bond donors (Lipinski definition) is 1. The molecule has 5 nitrogen and oxygen atoms in total. The Morgan fingerprint density at radius 3 is 2.86 bits per heavy atom. The maximum Gasteiger partial charge on any atom is 0.513 e. The van der Waals surface area contributed by atoms with E-state index in [1.807, 2.05) is 12.1 Å². The van der Waals surface area contributed by atoms with Gasteiger partial charge in [-0.2, -0.15) is 0 Å². The van der Waals surface area contributed by atoms with Crippen molar-refractivity contribution in [3.63, 3.8) is 0 Å². The van der Waals surface area contributed by atoms with E-state index in [0.29, 0.717) is 12.3 Å². The van der Waals surface area contributed by atoms with Crippen molar-refractivity contribution >= 4 is 17.6 Å². The Labute approximate surface area is 130 Å². The molecule has 1 aromatic rings. The first-order valence-electron chi connectivity index (χ1n) is 7.51. The number of carbonyl (C=O) groups is 2. The lowest BCUT2D eigenvalue weighted by atomic mass is 9.89. The van der Waals surface area contributed by atoms with E-state index in [1.54, 1.807) is 13.0 Å². The molecule has 0 saturated heterocycles. The molecule has 0 saturated carbocycles. The summed E-state index contributed by atoms with van der Waals surface area (Å²) in [5.74, 6) is 0.445. The van der Waals surface area contributed by atoms with Crippen LogP contribution in [0.2, 0.25) is 0 Å². The number of amides is 1. The maximum atomic E-state index is 11.4. The molecule has 0 aliphatic heterocycles. The standard InChI is InChI=1S/C17H21NO4/c1-3-21-17(20)22-15-8-7-13-5-4-6-14(16(13)11-15)9-10-18-12(2)19/h6-8,11H,3-5,9-10H2,1-2H3,(H,18,19). The Morgan fingerprint density at radius 2 is 2.14 bits per heavy atom. The highest BCUT2D eigenvalue weighted by Gasteiger charge is 2.15. The quantitative estimate of drug-likeness (QED) is 0.670. The van der Waals surface area contributed by atoms with Gasteiger partial charge in [0.1, 0.15) is 5.75 Å². The van der Waals surface area contributed by atoms with E-state index in [9.17, 15) is 9.59 Å². The molecule has 0 fully saturated rings. The number of ether oxygens (including phenoxy) is 2. The van der Waals surface area contributed by atoms with Gasteiger partial charge < -0.3 is 14.8 Å². The molecule has 0 atom stereocenters. The van der Waals surface area contributed by atoms with Gasteiger partial charge in [0.2, 0.25) is 5.91 Å².